The van der Waals surface area contributed by atoms with Crippen molar-refractivity contribution in [1.29, 1.82) is 0 Å². The quantitative estimate of drug-likeness (QED) is 0.427. The fourth-order valence-corrected chi connectivity index (χ4v) is 3.66. The number of nitrogens with zero attached hydrogens (tertiary/aromatic N) is 1. The Kier molecular flexibility index (Phi) is 6.19. The molecule has 2 amide bonds. The Morgan fingerprint density at radius 1 is 1.26 bits per heavy atom. The van der Waals surface area contributed by atoms with Crippen LogP contribution in [0.15, 0.2) is 0 Å². The fourth-order valence-electron chi connectivity index (χ4n) is 1.30. The summed E-state index contributed by atoms with van der Waals surface area (Å²) in [7, 11) is 3.47. The summed E-state index contributed by atoms with van der Waals surface area (Å²) in [5.41, 5.74) is 0. The zero-order chi connectivity index (χ0) is 14.5. The molecule has 0 unspecified atom stereocenters. The Balaban J connectivity index is 2.15. The predicted octanol–water partition coefficient (Wildman–Crippen LogP) is 2.55. The Labute approximate surface area is 121 Å². The van der Waals surface area contributed by atoms with Gasteiger partial charge in [-0.3, -0.25) is 9.59 Å². The maximum Gasteiger partial charge on any atom is 0.333 e. The molecule has 1 aliphatic rings. The lowest BCUT2D eigenvalue weighted by Crippen LogP contribution is -2.32. The van der Waals surface area contributed by atoms with E-state index in [1.807, 2.05) is 0 Å². The van der Waals surface area contributed by atoms with Crippen LogP contribution in [0.5, 0.6) is 0 Å². The summed E-state index contributed by atoms with van der Waals surface area (Å²) in [4.78, 5) is 38.7. The van der Waals surface area contributed by atoms with E-state index in [2.05, 4.69) is 20.8 Å². The first-order valence-electron chi connectivity index (χ1n) is 6.17. The van der Waals surface area contributed by atoms with Gasteiger partial charge < -0.3 is 4.84 Å². The van der Waals surface area contributed by atoms with Crippen LogP contribution in [0.25, 0.3) is 0 Å². The molecular weight excluding hydrogens is 286 g/mol. The van der Waals surface area contributed by atoms with Gasteiger partial charge in [0.1, 0.15) is 0 Å². The van der Waals surface area contributed by atoms with Crippen LogP contribution in [0.1, 0.15) is 46.5 Å². The molecule has 1 saturated heterocycles. The number of hydrogen-bond donors (Lipinski definition) is 0. The Morgan fingerprint density at radius 2 is 1.84 bits per heavy atom. The molecule has 0 N–H and O–H groups in total. The topological polar surface area (TPSA) is 63.7 Å². The lowest BCUT2D eigenvalue weighted by Gasteiger charge is -2.16. The van der Waals surface area contributed by atoms with Crippen LogP contribution in [0, 0.1) is 0 Å². The number of rotatable bonds is 6. The highest BCUT2D eigenvalue weighted by Crippen LogP contribution is 2.35. The number of hydroxylamine groups is 2. The van der Waals surface area contributed by atoms with Crippen molar-refractivity contribution in [2.24, 2.45) is 0 Å². The highest BCUT2D eigenvalue weighted by atomic mass is 33.1. The van der Waals surface area contributed by atoms with Crippen LogP contribution < -0.4 is 0 Å². The van der Waals surface area contributed by atoms with E-state index in [1.54, 1.807) is 21.6 Å². The molecule has 19 heavy (non-hydrogen) atoms. The molecule has 5 nitrogen and oxygen atoms in total. The van der Waals surface area contributed by atoms with Gasteiger partial charge in [0.2, 0.25) is 0 Å². The molecule has 0 bridgehead atoms. The predicted molar refractivity (Wildman–Crippen MR) is 76.2 cm³/mol. The molecule has 1 heterocycles. The maximum atomic E-state index is 11.5. The van der Waals surface area contributed by atoms with E-state index in [4.69, 9.17) is 4.84 Å². The van der Waals surface area contributed by atoms with E-state index in [9.17, 15) is 14.4 Å². The minimum Gasteiger partial charge on any atom is -0.330 e. The van der Waals surface area contributed by atoms with Gasteiger partial charge in [0, 0.05) is 29.8 Å². The molecule has 1 aliphatic heterocycles. The number of amides is 2. The largest absolute Gasteiger partial charge is 0.333 e. The third-order valence-electron chi connectivity index (χ3n) is 2.12. The van der Waals surface area contributed by atoms with Crippen molar-refractivity contribution in [3.05, 3.63) is 0 Å². The van der Waals surface area contributed by atoms with Crippen molar-refractivity contribution < 1.29 is 19.2 Å². The number of imide groups is 1. The summed E-state index contributed by atoms with van der Waals surface area (Å²) in [5.74, 6) is -0.559. The van der Waals surface area contributed by atoms with E-state index >= 15 is 0 Å². The molecule has 1 fully saturated rings. The van der Waals surface area contributed by atoms with Crippen molar-refractivity contribution in [3.8, 4) is 0 Å². The van der Waals surface area contributed by atoms with Gasteiger partial charge in [-0.15, -0.1) is 5.06 Å². The minimum absolute atomic E-state index is 0.129. The van der Waals surface area contributed by atoms with Crippen LogP contribution in [0.4, 0.5) is 0 Å². The third kappa shape index (κ3) is 6.33. The van der Waals surface area contributed by atoms with Crippen molar-refractivity contribution in [3.63, 3.8) is 0 Å². The molecule has 0 saturated carbocycles. The standard InChI is InChI=1S/C12H19NO4S2/c1-12(2,3)19-18-8-4-5-11(16)17-13-9(14)6-7-10(13)15/h4-8H2,1-3H3. The lowest BCUT2D eigenvalue weighted by molar-refractivity contribution is -0.197. The second-order valence-electron chi connectivity index (χ2n) is 5.17. The van der Waals surface area contributed by atoms with Crippen LogP contribution in [0.2, 0.25) is 0 Å². The van der Waals surface area contributed by atoms with Crippen LogP contribution in [-0.4, -0.2) is 33.3 Å². The van der Waals surface area contributed by atoms with Crippen LogP contribution >= 0.6 is 21.6 Å². The molecule has 7 heteroatoms. The van der Waals surface area contributed by atoms with Crippen molar-refractivity contribution in [1.82, 2.24) is 5.06 Å². The normalized spacial score (nSPS) is 16.1. The summed E-state index contributed by atoms with van der Waals surface area (Å²) in [5, 5.41) is 0.597. The lowest BCUT2D eigenvalue weighted by atomic mass is 10.3. The van der Waals surface area contributed by atoms with Gasteiger partial charge in [0.25, 0.3) is 11.8 Å². The Morgan fingerprint density at radius 3 is 2.37 bits per heavy atom. The van der Waals surface area contributed by atoms with Crippen LogP contribution in [-0.2, 0) is 19.2 Å². The van der Waals surface area contributed by atoms with Gasteiger partial charge in [-0.1, -0.05) is 42.4 Å². The van der Waals surface area contributed by atoms with Gasteiger partial charge in [-0.25, -0.2) is 4.79 Å². The third-order valence-corrected chi connectivity index (χ3v) is 5.54. The number of carbonyl (C=O) groups excluding carboxylic acids is 3. The first-order chi connectivity index (χ1) is 8.79. The zero-order valence-corrected chi connectivity index (χ0v) is 13.1. The van der Waals surface area contributed by atoms with Gasteiger partial charge >= 0.3 is 5.97 Å². The first kappa shape index (κ1) is 16.4. The van der Waals surface area contributed by atoms with Gasteiger partial charge in [0.15, 0.2) is 0 Å². The highest BCUT2D eigenvalue weighted by molar-refractivity contribution is 8.77. The van der Waals surface area contributed by atoms with Gasteiger partial charge in [-0.05, 0) is 6.42 Å². The smallest absolute Gasteiger partial charge is 0.330 e. The van der Waals surface area contributed by atoms with E-state index in [-0.39, 0.29) is 24.0 Å². The Hall–Kier alpha value is -0.690. The van der Waals surface area contributed by atoms with Crippen LogP contribution in [0.3, 0.4) is 0 Å². The Bertz CT molecular complexity index is 349. The molecule has 0 atom stereocenters. The average molecular weight is 305 g/mol. The van der Waals surface area contributed by atoms with E-state index in [0.717, 1.165) is 5.75 Å². The number of hydrogen-bond acceptors (Lipinski definition) is 6. The molecule has 0 aromatic rings. The van der Waals surface area contributed by atoms with E-state index in [1.165, 1.54) is 0 Å². The summed E-state index contributed by atoms with van der Waals surface area (Å²) < 4.78 is 0.194. The summed E-state index contributed by atoms with van der Waals surface area (Å²) in [6.45, 7) is 6.39. The minimum atomic E-state index is -0.523. The maximum absolute atomic E-state index is 11.5. The zero-order valence-electron chi connectivity index (χ0n) is 11.4. The number of carbonyl (C=O) groups is 3. The van der Waals surface area contributed by atoms with Gasteiger partial charge in [0.05, 0.1) is 0 Å². The summed E-state index contributed by atoms with van der Waals surface area (Å²) in [6, 6.07) is 0. The molecule has 0 aromatic heterocycles. The van der Waals surface area contributed by atoms with Crippen molar-refractivity contribution in [2.75, 3.05) is 5.75 Å². The van der Waals surface area contributed by atoms with Gasteiger partial charge in [-0.2, -0.15) is 0 Å². The summed E-state index contributed by atoms with van der Waals surface area (Å²) >= 11 is 0. The molecular formula is C12H19NO4S2. The second-order valence-corrected chi connectivity index (χ2v) is 8.41. The molecule has 1 rings (SSSR count). The fraction of sp³-hybridized carbons (Fsp3) is 0.750. The second kappa shape index (κ2) is 7.19. The average Bonchev–Trinajstić information content (AvgIpc) is 2.59. The van der Waals surface area contributed by atoms with Crippen molar-refractivity contribution in [2.45, 2.75) is 51.2 Å². The first-order valence-corrected chi connectivity index (χ1v) is 8.49. The molecule has 0 spiro atoms. The van der Waals surface area contributed by atoms with E-state index < -0.39 is 17.8 Å². The highest BCUT2D eigenvalue weighted by Gasteiger charge is 2.32. The SMILES string of the molecule is CC(C)(C)SSCCCC(=O)ON1C(=O)CCC1=O. The molecule has 0 radical (unpaired) electrons. The molecule has 0 aromatic carbocycles. The monoisotopic (exact) mass is 305 g/mol. The van der Waals surface area contributed by atoms with E-state index in [0.29, 0.717) is 11.5 Å². The molecule has 108 valence electrons. The molecule has 0 aliphatic carbocycles. The van der Waals surface area contributed by atoms with Crippen molar-refractivity contribution >= 4 is 39.4 Å². The summed E-state index contributed by atoms with van der Waals surface area (Å²) in [6.07, 6.45) is 1.14.